The molecule has 0 saturated carbocycles. The fraction of sp³-hybridized carbons (Fsp3) is 0.545. The molecule has 0 aliphatic rings. The molecule has 0 saturated heterocycles. The van der Waals surface area contributed by atoms with Gasteiger partial charge in [-0.2, -0.15) is 0 Å². The van der Waals surface area contributed by atoms with E-state index in [0.29, 0.717) is 0 Å². The zero-order valence-electron chi connectivity index (χ0n) is 10.3. The highest BCUT2D eigenvalue weighted by Gasteiger charge is 2.02. The number of hydrogen-bond acceptors (Lipinski definition) is 2. The second-order valence-electron chi connectivity index (χ2n) is 3.31. The monoisotopic (exact) mass is 213 g/mol. The van der Waals surface area contributed by atoms with Crippen LogP contribution in [0.4, 0.5) is 4.79 Å². The zero-order chi connectivity index (χ0) is 12.3. The summed E-state index contributed by atoms with van der Waals surface area (Å²) in [5.74, 6) is 0. The van der Waals surface area contributed by atoms with E-state index in [1.54, 1.807) is 28.2 Å². The quantitative estimate of drug-likeness (QED) is 0.562. The molecule has 0 fully saturated rings. The molecule has 15 heavy (non-hydrogen) atoms. The topological polar surface area (TPSA) is 35.6 Å². The third-order valence-corrected chi connectivity index (χ3v) is 1.34. The van der Waals surface area contributed by atoms with Gasteiger partial charge in [-0.05, 0) is 0 Å². The molecule has 4 heteroatoms. The Labute approximate surface area is 93.2 Å². The summed E-state index contributed by atoms with van der Waals surface area (Å²) in [6, 6.07) is 0.0185. The Morgan fingerprint density at radius 2 is 1.40 bits per heavy atom. The highest BCUT2D eigenvalue weighted by molar-refractivity contribution is 5.72. The van der Waals surface area contributed by atoms with Gasteiger partial charge in [0.25, 0.3) is 0 Å². The second-order valence-corrected chi connectivity index (χ2v) is 3.31. The number of carbonyl (C=O) groups excluding carboxylic acids is 1. The summed E-state index contributed by atoms with van der Waals surface area (Å²) in [5.41, 5.74) is 0. The van der Waals surface area contributed by atoms with Crippen LogP contribution in [-0.4, -0.2) is 57.1 Å². The van der Waals surface area contributed by atoms with Gasteiger partial charge >= 0.3 is 6.03 Å². The van der Waals surface area contributed by atoms with Gasteiger partial charge in [0.15, 0.2) is 0 Å². The van der Waals surface area contributed by atoms with Crippen molar-refractivity contribution in [2.24, 2.45) is 0 Å². The maximum atomic E-state index is 10.7. The van der Waals surface area contributed by atoms with E-state index in [-0.39, 0.29) is 6.03 Å². The van der Waals surface area contributed by atoms with Gasteiger partial charge in [0, 0.05) is 41.3 Å². The lowest BCUT2D eigenvalue weighted by molar-refractivity contribution is 0.191. The Hall–Kier alpha value is -1.29. The number of rotatable bonds is 4. The van der Waals surface area contributed by atoms with Crippen molar-refractivity contribution in [3.63, 3.8) is 0 Å². The zero-order valence-corrected chi connectivity index (χ0v) is 10.3. The molecule has 0 rings (SSSR count). The van der Waals surface area contributed by atoms with Crippen LogP contribution in [0.1, 0.15) is 0 Å². The van der Waals surface area contributed by atoms with Crippen LogP contribution in [0.25, 0.3) is 0 Å². The van der Waals surface area contributed by atoms with Gasteiger partial charge in [0.05, 0.1) is 0 Å². The van der Waals surface area contributed by atoms with Crippen LogP contribution in [0.5, 0.6) is 0 Å². The summed E-state index contributed by atoms with van der Waals surface area (Å²) in [6.07, 6.45) is 3.65. The van der Waals surface area contributed by atoms with Gasteiger partial charge in [0.1, 0.15) is 0 Å². The summed E-state index contributed by atoms with van der Waals surface area (Å²) >= 11 is 0. The van der Waals surface area contributed by atoms with Crippen molar-refractivity contribution in [2.75, 3.05) is 41.3 Å². The van der Waals surface area contributed by atoms with Crippen molar-refractivity contribution in [1.82, 2.24) is 15.1 Å². The Balaban J connectivity index is 0. The summed E-state index contributed by atoms with van der Waals surface area (Å²) in [6.45, 7) is 8.81. The van der Waals surface area contributed by atoms with Gasteiger partial charge in [-0.25, -0.2) is 4.79 Å². The number of amides is 2. The number of nitrogens with zero attached hydrogens (tertiary/aromatic N) is 2. The Bertz CT molecular complexity index is 170. The summed E-state index contributed by atoms with van der Waals surface area (Å²) in [7, 11) is 6.90. The van der Waals surface area contributed by atoms with E-state index in [2.05, 4.69) is 18.5 Å². The lowest BCUT2D eigenvalue weighted by Gasteiger charge is -2.16. The Morgan fingerprint density at radius 3 is 1.53 bits per heavy atom. The van der Waals surface area contributed by atoms with Crippen molar-refractivity contribution in [3.8, 4) is 0 Å². The summed E-state index contributed by atoms with van der Waals surface area (Å²) in [5, 5.41) is 3.05. The standard InChI is InChI=1S/C6H11N.C5H12N2O/c1-3-5-7-6-4-2;1-6(2)5(8)7(3)4/h3-4,7H,1-2,5-6H2;1-4H3. The molecule has 0 aromatic heterocycles. The fourth-order valence-corrected chi connectivity index (χ4v) is 0.687. The van der Waals surface area contributed by atoms with Crippen molar-refractivity contribution in [1.29, 1.82) is 0 Å². The fourth-order valence-electron chi connectivity index (χ4n) is 0.687. The van der Waals surface area contributed by atoms with Crippen LogP contribution in [0.3, 0.4) is 0 Å². The summed E-state index contributed by atoms with van der Waals surface area (Å²) in [4.78, 5) is 13.8. The van der Waals surface area contributed by atoms with Crippen LogP contribution < -0.4 is 5.32 Å². The van der Waals surface area contributed by atoms with Crippen molar-refractivity contribution < 1.29 is 4.79 Å². The van der Waals surface area contributed by atoms with E-state index in [0.717, 1.165) is 13.1 Å². The highest BCUT2D eigenvalue weighted by atomic mass is 16.2. The number of hydrogen-bond donors (Lipinski definition) is 1. The molecule has 0 bridgehead atoms. The number of carbonyl (C=O) groups is 1. The molecule has 88 valence electrons. The van der Waals surface area contributed by atoms with E-state index in [9.17, 15) is 4.79 Å². The van der Waals surface area contributed by atoms with Crippen LogP contribution in [-0.2, 0) is 0 Å². The predicted molar refractivity (Wildman–Crippen MR) is 66.0 cm³/mol. The van der Waals surface area contributed by atoms with Crippen LogP contribution in [0.15, 0.2) is 25.3 Å². The maximum absolute atomic E-state index is 10.7. The smallest absolute Gasteiger partial charge is 0.318 e. The molecule has 0 aromatic carbocycles. The molecular formula is C11H23N3O. The second kappa shape index (κ2) is 10.8. The molecule has 0 unspecified atom stereocenters. The van der Waals surface area contributed by atoms with E-state index >= 15 is 0 Å². The first-order chi connectivity index (χ1) is 6.97. The normalized spacial score (nSPS) is 8.27. The van der Waals surface area contributed by atoms with E-state index < -0.39 is 0 Å². The number of nitrogens with one attached hydrogen (secondary N) is 1. The third kappa shape index (κ3) is 12.7. The first-order valence-electron chi connectivity index (χ1n) is 4.78. The van der Waals surface area contributed by atoms with Crippen LogP contribution in [0.2, 0.25) is 0 Å². The summed E-state index contributed by atoms with van der Waals surface area (Å²) < 4.78 is 0. The Morgan fingerprint density at radius 1 is 1.07 bits per heavy atom. The average molecular weight is 213 g/mol. The van der Waals surface area contributed by atoms with Crippen molar-refractivity contribution >= 4 is 6.03 Å². The predicted octanol–water partition coefficient (Wildman–Crippen LogP) is 1.18. The third-order valence-electron chi connectivity index (χ3n) is 1.34. The molecule has 0 spiro atoms. The van der Waals surface area contributed by atoms with Crippen molar-refractivity contribution in [3.05, 3.63) is 25.3 Å². The minimum atomic E-state index is 0.0185. The molecule has 2 amide bonds. The van der Waals surface area contributed by atoms with Gasteiger partial charge < -0.3 is 15.1 Å². The molecule has 0 aromatic rings. The maximum Gasteiger partial charge on any atom is 0.318 e. The van der Waals surface area contributed by atoms with Crippen LogP contribution >= 0.6 is 0 Å². The lowest BCUT2D eigenvalue weighted by atomic mass is 10.5. The molecule has 1 N–H and O–H groups in total. The van der Waals surface area contributed by atoms with E-state index in [4.69, 9.17) is 0 Å². The molecule has 4 nitrogen and oxygen atoms in total. The average Bonchev–Trinajstić information content (AvgIpc) is 2.18. The molecule has 0 heterocycles. The molecule has 0 radical (unpaired) electrons. The van der Waals surface area contributed by atoms with E-state index in [1.165, 1.54) is 9.80 Å². The molecule has 0 aliphatic heterocycles. The van der Waals surface area contributed by atoms with Gasteiger partial charge in [-0.3, -0.25) is 0 Å². The lowest BCUT2D eigenvalue weighted by Crippen LogP contribution is -2.33. The van der Waals surface area contributed by atoms with Gasteiger partial charge in [0.2, 0.25) is 0 Å². The largest absolute Gasteiger partial charge is 0.331 e. The van der Waals surface area contributed by atoms with E-state index in [1.807, 2.05) is 12.2 Å². The first-order valence-corrected chi connectivity index (χ1v) is 4.78. The number of urea groups is 1. The minimum Gasteiger partial charge on any atom is -0.331 e. The first kappa shape index (κ1) is 16.2. The SMILES string of the molecule is C=CCNCC=C.CN(C)C(=O)N(C)C. The molecular weight excluding hydrogens is 190 g/mol. The molecule has 0 atom stereocenters. The molecule has 0 aliphatic carbocycles. The minimum absolute atomic E-state index is 0.0185. The van der Waals surface area contributed by atoms with Crippen molar-refractivity contribution in [2.45, 2.75) is 0 Å². The van der Waals surface area contributed by atoms with Crippen LogP contribution in [0, 0.1) is 0 Å². The highest BCUT2D eigenvalue weighted by Crippen LogP contribution is 1.83. The van der Waals surface area contributed by atoms with Gasteiger partial charge in [-0.1, -0.05) is 12.2 Å². The Kier molecular flexibility index (Phi) is 11.6. The van der Waals surface area contributed by atoms with Gasteiger partial charge in [-0.15, -0.1) is 13.2 Å².